The monoisotopic (exact) mass is 484 g/mol. The molecule has 0 aliphatic carbocycles. The standard InChI is InChI=1S/C29H38ClO2P/c1-31-29(32-2)24-16-5-3-4-6-17-25-33(30,26-18-10-7-11-19-26,27-20-12-8-13-21-27)28-22-14-9-15-23-28/h7-15,18-23,29H,3-6,16-17,24-25H2,1-2H3. The van der Waals surface area contributed by atoms with Crippen molar-refractivity contribution < 1.29 is 9.47 Å². The maximum absolute atomic E-state index is 8.11. The van der Waals surface area contributed by atoms with Crippen molar-refractivity contribution in [1.82, 2.24) is 0 Å². The van der Waals surface area contributed by atoms with Crippen molar-refractivity contribution in [2.45, 2.75) is 51.2 Å². The summed E-state index contributed by atoms with van der Waals surface area (Å²) in [6, 6.07) is 32.3. The van der Waals surface area contributed by atoms with Crippen molar-refractivity contribution in [1.29, 1.82) is 0 Å². The van der Waals surface area contributed by atoms with Crippen LogP contribution in [0.5, 0.6) is 0 Å². The predicted molar refractivity (Wildman–Crippen MR) is 146 cm³/mol. The summed E-state index contributed by atoms with van der Waals surface area (Å²) in [6.07, 6.45) is 8.97. The van der Waals surface area contributed by atoms with Crippen LogP contribution in [0.3, 0.4) is 0 Å². The summed E-state index contributed by atoms with van der Waals surface area (Å²) in [5.74, 6) is -3.10. The Hall–Kier alpha value is -1.70. The fourth-order valence-corrected chi connectivity index (χ4v) is 11.1. The van der Waals surface area contributed by atoms with Gasteiger partial charge in [-0.2, -0.15) is 0 Å². The zero-order valence-electron chi connectivity index (χ0n) is 20.0. The average molecular weight is 485 g/mol. The van der Waals surface area contributed by atoms with Crippen LogP contribution in [-0.4, -0.2) is 26.7 Å². The number of hydrogen-bond acceptors (Lipinski definition) is 2. The van der Waals surface area contributed by atoms with E-state index in [9.17, 15) is 0 Å². The van der Waals surface area contributed by atoms with Gasteiger partial charge in [0.1, 0.15) is 0 Å². The molecule has 2 nitrogen and oxygen atoms in total. The minimum absolute atomic E-state index is 0.0741. The van der Waals surface area contributed by atoms with Crippen LogP contribution >= 0.6 is 17.2 Å². The van der Waals surface area contributed by atoms with Gasteiger partial charge in [0.05, 0.1) is 0 Å². The number of benzene rings is 3. The fourth-order valence-electron chi connectivity index (χ4n) is 4.81. The zero-order valence-corrected chi connectivity index (χ0v) is 21.7. The molecule has 0 heterocycles. The molecular formula is C29H38ClO2P. The van der Waals surface area contributed by atoms with E-state index < -0.39 is 5.96 Å². The van der Waals surface area contributed by atoms with E-state index in [2.05, 4.69) is 91.0 Å². The summed E-state index contributed by atoms with van der Waals surface area (Å²) in [7, 11) is 3.41. The topological polar surface area (TPSA) is 18.5 Å². The van der Waals surface area contributed by atoms with E-state index in [1.807, 2.05) is 0 Å². The molecule has 178 valence electrons. The molecule has 0 unspecified atom stereocenters. The quantitative estimate of drug-likeness (QED) is 0.139. The first kappa shape index (κ1) is 25.9. The summed E-state index contributed by atoms with van der Waals surface area (Å²) < 4.78 is 10.6. The van der Waals surface area contributed by atoms with Crippen molar-refractivity contribution in [2.75, 3.05) is 20.4 Å². The summed E-state index contributed by atoms with van der Waals surface area (Å²) in [5, 5.41) is 3.77. The van der Waals surface area contributed by atoms with Gasteiger partial charge in [0.2, 0.25) is 0 Å². The fraction of sp³-hybridized carbons (Fsp3) is 0.379. The van der Waals surface area contributed by atoms with Crippen LogP contribution in [-0.2, 0) is 9.47 Å². The molecule has 3 rings (SSSR count). The van der Waals surface area contributed by atoms with Crippen LogP contribution in [0.1, 0.15) is 44.9 Å². The van der Waals surface area contributed by atoms with Gasteiger partial charge in [0, 0.05) is 0 Å². The van der Waals surface area contributed by atoms with Crippen molar-refractivity contribution >= 4 is 33.1 Å². The number of methoxy groups -OCH3 is 2. The molecule has 0 N–H and O–H groups in total. The van der Waals surface area contributed by atoms with E-state index in [1.54, 1.807) is 14.2 Å². The second-order valence-corrected chi connectivity index (χ2v) is 15.3. The molecule has 0 spiro atoms. The molecule has 3 aromatic rings. The molecule has 3 aromatic carbocycles. The van der Waals surface area contributed by atoms with Gasteiger partial charge in [0.25, 0.3) is 0 Å². The molecule has 4 heteroatoms. The van der Waals surface area contributed by atoms with Crippen LogP contribution in [0.25, 0.3) is 0 Å². The second kappa shape index (κ2) is 12.7. The van der Waals surface area contributed by atoms with Crippen LogP contribution < -0.4 is 15.9 Å². The van der Waals surface area contributed by atoms with Gasteiger partial charge in [-0.15, -0.1) is 0 Å². The van der Waals surface area contributed by atoms with Crippen molar-refractivity contribution in [3.8, 4) is 0 Å². The third-order valence-corrected chi connectivity index (χ3v) is 14.2. The third-order valence-electron chi connectivity index (χ3n) is 6.68. The molecule has 0 atom stereocenters. The Morgan fingerprint density at radius 1 is 0.576 bits per heavy atom. The van der Waals surface area contributed by atoms with Crippen LogP contribution in [0.4, 0.5) is 0 Å². The Kier molecular flexibility index (Phi) is 9.95. The summed E-state index contributed by atoms with van der Waals surface area (Å²) in [5.41, 5.74) is 0. The SMILES string of the molecule is COC(CCCCCCCCP(Cl)(c1ccccc1)(c1ccccc1)c1ccccc1)OC. The maximum atomic E-state index is 8.11. The van der Waals surface area contributed by atoms with Crippen molar-refractivity contribution in [3.63, 3.8) is 0 Å². The average Bonchev–Trinajstić information content (AvgIpc) is 2.89. The summed E-state index contributed by atoms with van der Waals surface area (Å²) in [6.45, 7) is 0. The van der Waals surface area contributed by atoms with E-state index in [0.717, 1.165) is 25.4 Å². The normalized spacial score (nSPS) is 13.0. The summed E-state index contributed by atoms with van der Waals surface area (Å²) >= 11 is 8.11. The summed E-state index contributed by atoms with van der Waals surface area (Å²) in [4.78, 5) is 0. The number of hydrogen-bond donors (Lipinski definition) is 0. The van der Waals surface area contributed by atoms with Gasteiger partial charge in [-0.05, 0) is 0 Å². The molecule has 0 aliphatic rings. The number of ether oxygens (including phenoxy) is 2. The Morgan fingerprint density at radius 3 is 1.33 bits per heavy atom. The molecule has 0 aromatic heterocycles. The Balaban J connectivity index is 1.77. The third kappa shape index (κ3) is 6.06. The van der Waals surface area contributed by atoms with E-state index in [0.29, 0.717) is 0 Å². The second-order valence-electron chi connectivity index (χ2n) is 8.72. The predicted octanol–water partition coefficient (Wildman–Crippen LogP) is 7.02. The van der Waals surface area contributed by atoms with E-state index in [4.69, 9.17) is 20.7 Å². The molecule has 0 amide bonds. The van der Waals surface area contributed by atoms with Crippen molar-refractivity contribution in [3.05, 3.63) is 91.0 Å². The van der Waals surface area contributed by atoms with Gasteiger partial charge >= 0.3 is 205 Å². The molecule has 0 fully saturated rings. The molecule has 0 saturated heterocycles. The van der Waals surface area contributed by atoms with Crippen LogP contribution in [0, 0.1) is 0 Å². The first-order chi connectivity index (χ1) is 16.1. The Morgan fingerprint density at radius 2 is 0.939 bits per heavy atom. The van der Waals surface area contributed by atoms with E-state index >= 15 is 0 Å². The number of halogens is 1. The van der Waals surface area contributed by atoms with Crippen LogP contribution in [0.2, 0.25) is 0 Å². The van der Waals surface area contributed by atoms with Gasteiger partial charge in [-0.3, -0.25) is 0 Å². The van der Waals surface area contributed by atoms with E-state index in [-0.39, 0.29) is 6.29 Å². The van der Waals surface area contributed by atoms with Crippen LogP contribution in [0.15, 0.2) is 91.0 Å². The number of rotatable bonds is 14. The molecule has 0 radical (unpaired) electrons. The molecule has 33 heavy (non-hydrogen) atoms. The Labute approximate surface area is 205 Å². The first-order valence-corrected chi connectivity index (χ1v) is 15.4. The molecule has 0 saturated carbocycles. The first-order valence-electron chi connectivity index (χ1n) is 12.1. The van der Waals surface area contributed by atoms with Gasteiger partial charge in [0.15, 0.2) is 0 Å². The molecular weight excluding hydrogens is 447 g/mol. The van der Waals surface area contributed by atoms with Gasteiger partial charge < -0.3 is 0 Å². The molecule has 0 bridgehead atoms. The van der Waals surface area contributed by atoms with E-state index in [1.165, 1.54) is 41.6 Å². The molecule has 0 aliphatic heterocycles. The van der Waals surface area contributed by atoms with Gasteiger partial charge in [-0.1, -0.05) is 0 Å². The number of unbranched alkanes of at least 4 members (excludes halogenated alkanes) is 5. The minimum atomic E-state index is -3.10. The Bertz CT molecular complexity index is 830. The van der Waals surface area contributed by atoms with Crippen molar-refractivity contribution in [2.24, 2.45) is 0 Å². The van der Waals surface area contributed by atoms with Gasteiger partial charge in [-0.25, -0.2) is 0 Å². The zero-order chi connectivity index (χ0) is 23.4.